The quantitative estimate of drug-likeness (QED) is 0.593. The number of benzene rings is 2. The lowest BCUT2D eigenvalue weighted by Crippen LogP contribution is -2.31. The summed E-state index contributed by atoms with van der Waals surface area (Å²) in [6, 6.07) is 12.6. The zero-order valence-corrected chi connectivity index (χ0v) is 17.9. The summed E-state index contributed by atoms with van der Waals surface area (Å²) in [6.07, 6.45) is -4.76. The number of fused-ring (bicyclic) bond motifs is 1. The molecule has 1 aliphatic rings. The lowest BCUT2D eigenvalue weighted by atomic mass is 9.94. The highest BCUT2D eigenvalue weighted by molar-refractivity contribution is 6.06. The molecule has 0 spiro atoms. The molecule has 0 saturated heterocycles. The Balaban J connectivity index is 1.85. The number of para-hydroxylation sites is 1. The largest absolute Gasteiger partial charge is 0.493 e. The van der Waals surface area contributed by atoms with E-state index in [2.05, 4.69) is 20.7 Å². The first-order valence-corrected chi connectivity index (χ1v) is 9.82. The highest BCUT2D eigenvalue weighted by Gasteiger charge is 2.41. The smallest absolute Gasteiger partial charge is 0.453 e. The van der Waals surface area contributed by atoms with Gasteiger partial charge in [0.25, 0.3) is 11.7 Å². The molecular weight excluding hydrogens is 439 g/mol. The average molecular weight is 459 g/mol. The van der Waals surface area contributed by atoms with Crippen LogP contribution in [0.25, 0.3) is 0 Å². The van der Waals surface area contributed by atoms with Crippen molar-refractivity contribution in [2.45, 2.75) is 19.1 Å². The summed E-state index contributed by atoms with van der Waals surface area (Å²) >= 11 is 0. The van der Waals surface area contributed by atoms with E-state index in [9.17, 15) is 18.0 Å². The molecule has 4 rings (SSSR count). The summed E-state index contributed by atoms with van der Waals surface area (Å²) in [5, 5.41) is 9.24. The average Bonchev–Trinajstić information content (AvgIpc) is 3.22. The number of halogens is 3. The summed E-state index contributed by atoms with van der Waals surface area (Å²) in [5.74, 6) is -1.16. The first kappa shape index (κ1) is 22.2. The molecule has 1 aromatic heterocycles. The van der Waals surface area contributed by atoms with Crippen molar-refractivity contribution in [1.82, 2.24) is 14.8 Å². The van der Waals surface area contributed by atoms with Crippen molar-refractivity contribution < 1.29 is 27.4 Å². The highest BCUT2D eigenvalue weighted by atomic mass is 19.4. The number of ether oxygens (including phenoxy) is 2. The van der Waals surface area contributed by atoms with Crippen LogP contribution < -0.4 is 20.1 Å². The first-order chi connectivity index (χ1) is 15.7. The normalized spacial score (nSPS) is 15.5. The molecule has 2 N–H and O–H groups in total. The summed E-state index contributed by atoms with van der Waals surface area (Å²) in [7, 11) is 2.91. The van der Waals surface area contributed by atoms with Crippen LogP contribution in [0.3, 0.4) is 0 Å². The number of carbonyl (C=O) groups excluding carboxylic acids is 1. The molecule has 1 unspecified atom stereocenters. The van der Waals surface area contributed by atoms with E-state index in [4.69, 9.17) is 9.47 Å². The number of hydrogen-bond donors (Lipinski definition) is 2. The van der Waals surface area contributed by atoms with E-state index in [1.165, 1.54) is 14.2 Å². The van der Waals surface area contributed by atoms with Crippen LogP contribution in [0.2, 0.25) is 0 Å². The predicted molar refractivity (Wildman–Crippen MR) is 114 cm³/mol. The van der Waals surface area contributed by atoms with E-state index in [1.807, 2.05) is 0 Å². The van der Waals surface area contributed by atoms with Crippen molar-refractivity contribution in [2.24, 2.45) is 0 Å². The molecule has 8 nitrogen and oxygen atoms in total. The van der Waals surface area contributed by atoms with Crippen molar-refractivity contribution in [3.8, 4) is 11.5 Å². The van der Waals surface area contributed by atoms with Crippen molar-refractivity contribution in [1.29, 1.82) is 0 Å². The maximum atomic E-state index is 13.4. The molecule has 11 heteroatoms. The Morgan fingerprint density at radius 3 is 2.42 bits per heavy atom. The summed E-state index contributed by atoms with van der Waals surface area (Å²) < 4.78 is 51.8. The topological polar surface area (TPSA) is 90.3 Å². The van der Waals surface area contributed by atoms with Crippen LogP contribution in [0.1, 0.15) is 24.4 Å². The van der Waals surface area contributed by atoms with Crippen LogP contribution in [-0.4, -0.2) is 34.9 Å². The molecule has 1 atom stereocenters. The molecule has 1 aliphatic heterocycles. The number of carbonyl (C=O) groups is 1. The van der Waals surface area contributed by atoms with Gasteiger partial charge in [0.2, 0.25) is 5.95 Å². The molecule has 0 bridgehead atoms. The van der Waals surface area contributed by atoms with E-state index in [-0.39, 0.29) is 11.5 Å². The Morgan fingerprint density at radius 2 is 1.79 bits per heavy atom. The zero-order chi connectivity index (χ0) is 23.8. The maximum absolute atomic E-state index is 13.4. The van der Waals surface area contributed by atoms with Crippen LogP contribution in [0.4, 0.5) is 24.8 Å². The lowest BCUT2D eigenvalue weighted by molar-refractivity contribution is -0.145. The molecule has 0 radical (unpaired) electrons. The van der Waals surface area contributed by atoms with Gasteiger partial charge in [-0.05, 0) is 36.8 Å². The van der Waals surface area contributed by atoms with Crippen molar-refractivity contribution in [3.63, 3.8) is 0 Å². The lowest BCUT2D eigenvalue weighted by Gasteiger charge is -2.29. The molecule has 3 aromatic rings. The van der Waals surface area contributed by atoms with Gasteiger partial charge in [0.05, 0.1) is 19.8 Å². The van der Waals surface area contributed by atoms with Gasteiger partial charge in [-0.3, -0.25) is 4.79 Å². The van der Waals surface area contributed by atoms with E-state index < -0.39 is 23.9 Å². The number of methoxy groups -OCH3 is 2. The number of anilines is 2. The van der Waals surface area contributed by atoms with E-state index >= 15 is 0 Å². The van der Waals surface area contributed by atoms with Crippen molar-refractivity contribution in [2.75, 3.05) is 24.9 Å². The second kappa shape index (κ2) is 8.49. The Hall–Kier alpha value is -4.02. The Kier molecular flexibility index (Phi) is 5.71. The number of alkyl halides is 3. The Morgan fingerprint density at radius 1 is 1.09 bits per heavy atom. The number of rotatable bonds is 5. The van der Waals surface area contributed by atoms with E-state index in [0.29, 0.717) is 28.4 Å². The molecule has 33 heavy (non-hydrogen) atoms. The van der Waals surface area contributed by atoms with Crippen LogP contribution in [0.15, 0.2) is 59.8 Å². The number of nitrogens with zero attached hydrogens (tertiary/aromatic N) is 3. The van der Waals surface area contributed by atoms with Gasteiger partial charge in [0.15, 0.2) is 11.5 Å². The van der Waals surface area contributed by atoms with E-state index in [0.717, 1.165) is 4.68 Å². The van der Waals surface area contributed by atoms with E-state index in [1.54, 1.807) is 55.5 Å². The minimum absolute atomic E-state index is 0.129. The minimum atomic E-state index is -4.76. The zero-order valence-electron chi connectivity index (χ0n) is 17.9. The van der Waals surface area contributed by atoms with Gasteiger partial charge in [-0.25, -0.2) is 4.68 Å². The Bertz CT molecular complexity index is 1220. The molecule has 2 aromatic carbocycles. The number of aromatic nitrogens is 3. The highest BCUT2D eigenvalue weighted by Crippen LogP contribution is 2.40. The molecule has 1 amide bonds. The fourth-order valence-corrected chi connectivity index (χ4v) is 3.62. The van der Waals surface area contributed by atoms with Gasteiger partial charge in [-0.1, -0.05) is 24.3 Å². The van der Waals surface area contributed by atoms with Crippen molar-refractivity contribution >= 4 is 17.5 Å². The molecule has 172 valence electrons. The number of allylic oxidation sites excluding steroid dienone is 1. The number of amides is 1. The van der Waals surface area contributed by atoms with Gasteiger partial charge in [-0.15, -0.1) is 5.10 Å². The van der Waals surface area contributed by atoms with Gasteiger partial charge in [-0.2, -0.15) is 18.2 Å². The molecule has 0 aliphatic carbocycles. The summed E-state index contributed by atoms with van der Waals surface area (Å²) in [6.45, 7) is 1.60. The summed E-state index contributed by atoms with van der Waals surface area (Å²) in [4.78, 5) is 16.9. The van der Waals surface area contributed by atoms with Gasteiger partial charge in [0.1, 0.15) is 6.04 Å². The third-order valence-electron chi connectivity index (χ3n) is 5.11. The van der Waals surface area contributed by atoms with Crippen molar-refractivity contribution in [3.05, 3.63) is 71.2 Å². The molecule has 0 fully saturated rings. The molecule has 2 heterocycles. The SMILES string of the molecule is COc1ccc(C2C(C(=O)Nc3ccccc3)=C(C)Nc3nc(C(F)(F)F)nn32)cc1OC. The minimum Gasteiger partial charge on any atom is -0.493 e. The monoisotopic (exact) mass is 459 g/mol. The van der Waals surface area contributed by atoms with Gasteiger partial charge < -0.3 is 20.1 Å². The maximum Gasteiger partial charge on any atom is 0.453 e. The second-order valence-corrected chi connectivity index (χ2v) is 7.20. The van der Waals surface area contributed by atoms with Gasteiger partial charge >= 0.3 is 6.18 Å². The molecule has 0 saturated carbocycles. The molecular formula is C22H20F3N5O3. The van der Waals surface area contributed by atoms with Crippen LogP contribution >= 0.6 is 0 Å². The first-order valence-electron chi connectivity index (χ1n) is 9.82. The van der Waals surface area contributed by atoms with Crippen LogP contribution in [0.5, 0.6) is 11.5 Å². The van der Waals surface area contributed by atoms with Crippen LogP contribution in [-0.2, 0) is 11.0 Å². The third kappa shape index (κ3) is 4.21. The fraction of sp³-hybridized carbons (Fsp3) is 0.227. The second-order valence-electron chi connectivity index (χ2n) is 7.20. The fourth-order valence-electron chi connectivity index (χ4n) is 3.62. The number of hydrogen-bond acceptors (Lipinski definition) is 6. The standard InChI is InChI=1S/C22H20F3N5O3/c1-12-17(19(31)27-14-7-5-4-6-8-14)18(13-9-10-15(32-2)16(11-13)33-3)30-21(26-12)28-20(29-30)22(23,24)25/h4-11,18H,1-3H3,(H,27,31)(H,26,28,29). The van der Waals surface area contributed by atoms with Gasteiger partial charge in [0, 0.05) is 11.4 Å². The number of nitrogens with one attached hydrogen (secondary N) is 2. The third-order valence-corrected chi connectivity index (χ3v) is 5.11. The predicted octanol–water partition coefficient (Wildman–Crippen LogP) is 4.24. The van der Waals surface area contributed by atoms with Crippen LogP contribution in [0, 0.1) is 0 Å². The summed E-state index contributed by atoms with van der Waals surface area (Å²) in [5.41, 5.74) is 1.52. The Labute approximate surface area is 187 Å².